The molecule has 1 aromatic carbocycles. The van der Waals surface area contributed by atoms with Gasteiger partial charge in [0.2, 0.25) is 0 Å². The van der Waals surface area contributed by atoms with E-state index in [0.717, 1.165) is 11.8 Å². The van der Waals surface area contributed by atoms with Crippen molar-refractivity contribution in [2.45, 2.75) is 10.9 Å². The molecule has 98 valence electrons. The van der Waals surface area contributed by atoms with E-state index in [1.807, 2.05) is 0 Å². The topological polar surface area (TPSA) is 83.0 Å². The van der Waals surface area contributed by atoms with Crippen LogP contribution >= 0.6 is 11.8 Å². The van der Waals surface area contributed by atoms with Gasteiger partial charge in [0.15, 0.2) is 5.16 Å². The van der Waals surface area contributed by atoms with Gasteiger partial charge in [0.1, 0.15) is 5.82 Å². The summed E-state index contributed by atoms with van der Waals surface area (Å²) in [5, 5.41) is 9.16. The number of aromatic carboxylic acids is 1. The van der Waals surface area contributed by atoms with E-state index < -0.39 is 11.8 Å². The minimum absolute atomic E-state index is 0.180. The molecule has 19 heavy (non-hydrogen) atoms. The van der Waals surface area contributed by atoms with E-state index in [9.17, 15) is 14.0 Å². The third-order valence-corrected chi connectivity index (χ3v) is 3.26. The van der Waals surface area contributed by atoms with Crippen molar-refractivity contribution in [1.82, 2.24) is 9.97 Å². The number of rotatable bonds is 4. The third-order valence-electron chi connectivity index (χ3n) is 2.32. The fraction of sp³-hybridized carbons (Fsp3) is 0.0833. The molecule has 1 aromatic heterocycles. The number of carbonyl (C=O) groups is 1. The lowest BCUT2D eigenvalue weighted by molar-refractivity contribution is 0.0691. The number of benzene rings is 1. The van der Waals surface area contributed by atoms with E-state index in [2.05, 4.69) is 9.97 Å². The zero-order chi connectivity index (χ0) is 13.8. The van der Waals surface area contributed by atoms with Crippen LogP contribution in [-0.2, 0) is 5.75 Å². The van der Waals surface area contributed by atoms with Gasteiger partial charge < -0.3 is 10.1 Å². The monoisotopic (exact) mass is 280 g/mol. The molecule has 2 N–H and O–H groups in total. The minimum atomic E-state index is -1.31. The molecule has 0 aliphatic carbocycles. The van der Waals surface area contributed by atoms with Crippen molar-refractivity contribution < 1.29 is 14.3 Å². The summed E-state index contributed by atoms with van der Waals surface area (Å²) in [6.07, 6.45) is 1.35. The van der Waals surface area contributed by atoms with Gasteiger partial charge in [0.05, 0.1) is 5.56 Å². The number of nitrogens with zero attached hydrogens (tertiary/aromatic N) is 1. The van der Waals surface area contributed by atoms with Gasteiger partial charge >= 0.3 is 5.97 Å². The number of thioether (sulfide) groups is 1. The van der Waals surface area contributed by atoms with E-state index in [1.165, 1.54) is 30.5 Å². The van der Waals surface area contributed by atoms with Gasteiger partial charge in [-0.1, -0.05) is 23.9 Å². The molecule has 0 radical (unpaired) electrons. The van der Waals surface area contributed by atoms with Crippen molar-refractivity contribution in [2.75, 3.05) is 0 Å². The normalized spacial score (nSPS) is 10.4. The van der Waals surface area contributed by atoms with Crippen molar-refractivity contribution in [2.24, 2.45) is 0 Å². The summed E-state index contributed by atoms with van der Waals surface area (Å²) < 4.78 is 13.8. The first-order valence-electron chi connectivity index (χ1n) is 5.27. The van der Waals surface area contributed by atoms with Crippen LogP contribution in [0, 0.1) is 5.82 Å². The summed E-state index contributed by atoms with van der Waals surface area (Å²) in [4.78, 5) is 28.2. The first-order chi connectivity index (χ1) is 9.08. The fourth-order valence-corrected chi connectivity index (χ4v) is 2.25. The highest BCUT2D eigenvalue weighted by Crippen LogP contribution is 2.21. The third kappa shape index (κ3) is 3.19. The van der Waals surface area contributed by atoms with Crippen LogP contribution in [0.25, 0.3) is 0 Å². The van der Waals surface area contributed by atoms with Gasteiger partial charge in [0.25, 0.3) is 5.56 Å². The van der Waals surface area contributed by atoms with Crippen LogP contribution in [0.2, 0.25) is 0 Å². The van der Waals surface area contributed by atoms with Crippen molar-refractivity contribution in [1.29, 1.82) is 0 Å². The lowest BCUT2D eigenvalue weighted by Gasteiger charge is -2.04. The Morgan fingerprint density at radius 3 is 2.89 bits per heavy atom. The second-order valence-electron chi connectivity index (χ2n) is 3.61. The molecular weight excluding hydrogens is 271 g/mol. The summed E-state index contributed by atoms with van der Waals surface area (Å²) in [6.45, 7) is 0. The molecule has 2 rings (SSSR count). The molecule has 0 saturated carbocycles. The lowest BCUT2D eigenvalue weighted by Crippen LogP contribution is -2.06. The first-order valence-corrected chi connectivity index (χ1v) is 6.25. The quantitative estimate of drug-likeness (QED) is 0.660. The summed E-state index contributed by atoms with van der Waals surface area (Å²) in [5.41, 5.74) is -0.415. The largest absolute Gasteiger partial charge is 0.478 e. The lowest BCUT2D eigenvalue weighted by atomic mass is 10.1. The highest BCUT2D eigenvalue weighted by Gasteiger charge is 2.13. The van der Waals surface area contributed by atoms with Crippen LogP contribution in [0.3, 0.4) is 0 Å². The molecule has 0 aliphatic heterocycles. The van der Waals surface area contributed by atoms with Gasteiger partial charge in [-0.15, -0.1) is 0 Å². The van der Waals surface area contributed by atoms with Gasteiger partial charge in [-0.05, 0) is 11.6 Å². The standard InChI is InChI=1S/C12H9FN2O3S/c13-10-7(2-1-3-8(10)11(17)18)6-19-12-14-5-4-9(16)15-12/h1-5H,6H2,(H,17,18)(H,14,15,16). The number of aromatic amines is 1. The molecular formula is C12H9FN2O3S. The summed E-state index contributed by atoms with van der Waals surface area (Å²) >= 11 is 1.12. The summed E-state index contributed by atoms with van der Waals surface area (Å²) in [5.74, 6) is -1.89. The van der Waals surface area contributed by atoms with Gasteiger partial charge in [-0.2, -0.15) is 0 Å². The van der Waals surface area contributed by atoms with Gasteiger partial charge in [-0.3, -0.25) is 4.79 Å². The van der Waals surface area contributed by atoms with E-state index >= 15 is 0 Å². The molecule has 0 unspecified atom stereocenters. The summed E-state index contributed by atoms with van der Waals surface area (Å²) in [6, 6.07) is 5.45. The predicted molar refractivity (Wildman–Crippen MR) is 67.8 cm³/mol. The van der Waals surface area contributed by atoms with E-state index in [1.54, 1.807) is 0 Å². The number of aromatic nitrogens is 2. The maximum Gasteiger partial charge on any atom is 0.338 e. The molecule has 0 fully saturated rings. The average molecular weight is 280 g/mol. The van der Waals surface area contributed by atoms with Crippen LogP contribution in [0.4, 0.5) is 4.39 Å². The molecule has 0 amide bonds. The number of halogens is 1. The van der Waals surface area contributed by atoms with Gasteiger partial charge in [-0.25, -0.2) is 14.2 Å². The number of carboxylic acids is 1. The Balaban J connectivity index is 2.18. The smallest absolute Gasteiger partial charge is 0.338 e. The zero-order valence-corrected chi connectivity index (χ0v) is 10.4. The number of hydrogen-bond acceptors (Lipinski definition) is 4. The number of hydrogen-bond donors (Lipinski definition) is 2. The SMILES string of the molecule is O=C(O)c1cccc(CSc2nccc(=O)[nH]2)c1F. The second-order valence-corrected chi connectivity index (χ2v) is 4.58. The van der Waals surface area contributed by atoms with Crippen LogP contribution in [0.1, 0.15) is 15.9 Å². The van der Waals surface area contributed by atoms with Crippen molar-refractivity contribution in [3.8, 4) is 0 Å². The Labute approximate surface area is 111 Å². The van der Waals surface area contributed by atoms with Crippen LogP contribution in [-0.4, -0.2) is 21.0 Å². The Bertz CT molecular complexity index is 672. The molecule has 7 heteroatoms. The highest BCUT2D eigenvalue weighted by atomic mass is 32.2. The fourth-order valence-electron chi connectivity index (χ4n) is 1.43. The average Bonchev–Trinajstić information content (AvgIpc) is 2.37. The molecule has 0 bridgehead atoms. The minimum Gasteiger partial charge on any atom is -0.478 e. The maximum absolute atomic E-state index is 13.8. The number of nitrogens with one attached hydrogen (secondary N) is 1. The van der Waals surface area contributed by atoms with Crippen LogP contribution in [0.5, 0.6) is 0 Å². The molecule has 0 saturated heterocycles. The van der Waals surface area contributed by atoms with Crippen molar-refractivity contribution >= 4 is 17.7 Å². The number of carboxylic acid groups (broad SMARTS) is 1. The van der Waals surface area contributed by atoms with Crippen LogP contribution in [0.15, 0.2) is 40.4 Å². The van der Waals surface area contributed by atoms with Crippen LogP contribution < -0.4 is 5.56 Å². The Morgan fingerprint density at radius 2 is 2.21 bits per heavy atom. The zero-order valence-electron chi connectivity index (χ0n) is 9.59. The highest BCUT2D eigenvalue weighted by molar-refractivity contribution is 7.98. The van der Waals surface area contributed by atoms with Crippen molar-refractivity contribution in [3.05, 3.63) is 57.8 Å². The van der Waals surface area contributed by atoms with E-state index in [-0.39, 0.29) is 22.4 Å². The Morgan fingerprint density at radius 1 is 1.42 bits per heavy atom. The van der Waals surface area contributed by atoms with Crippen molar-refractivity contribution in [3.63, 3.8) is 0 Å². The molecule has 0 aliphatic rings. The Hall–Kier alpha value is -2.15. The number of H-pyrrole nitrogens is 1. The van der Waals surface area contributed by atoms with E-state index in [0.29, 0.717) is 5.16 Å². The second kappa shape index (κ2) is 5.66. The van der Waals surface area contributed by atoms with E-state index in [4.69, 9.17) is 5.11 Å². The molecule has 1 heterocycles. The summed E-state index contributed by atoms with van der Waals surface area (Å²) in [7, 11) is 0. The molecule has 0 spiro atoms. The maximum atomic E-state index is 13.8. The van der Waals surface area contributed by atoms with Gasteiger partial charge in [0, 0.05) is 18.0 Å². The molecule has 0 atom stereocenters. The predicted octanol–water partition coefficient (Wildman–Crippen LogP) is 1.90. The molecule has 2 aromatic rings. The Kier molecular flexibility index (Phi) is 3.96. The first kappa shape index (κ1) is 13.3. The molecule has 5 nitrogen and oxygen atoms in total.